The molecule has 0 bridgehead atoms. The lowest BCUT2D eigenvalue weighted by Gasteiger charge is -2.02. The molecule has 0 saturated carbocycles. The van der Waals surface area contributed by atoms with Crippen molar-refractivity contribution < 1.29 is 5.11 Å². The predicted octanol–water partition coefficient (Wildman–Crippen LogP) is 2.68. The van der Waals surface area contributed by atoms with E-state index in [2.05, 4.69) is 0 Å². The van der Waals surface area contributed by atoms with Gasteiger partial charge in [-0.05, 0) is 36.4 Å². The smallest absolute Gasteiger partial charge is 0.118 e. The van der Waals surface area contributed by atoms with Gasteiger partial charge in [-0.2, -0.15) is 0 Å². The Kier molecular flexibility index (Phi) is 2.83. The lowest BCUT2D eigenvalue weighted by Crippen LogP contribution is -1.81. The Morgan fingerprint density at radius 1 is 1.45 bits per heavy atom. The van der Waals surface area contributed by atoms with Gasteiger partial charge in [0.2, 0.25) is 0 Å². The summed E-state index contributed by atoms with van der Waals surface area (Å²) < 4.78 is 0. The van der Waals surface area contributed by atoms with E-state index in [-0.39, 0.29) is 0 Å². The molecule has 2 heteroatoms. The number of hydrogen-bond donors (Lipinski definition) is 1. The van der Waals surface area contributed by atoms with Gasteiger partial charge in [-0.25, -0.2) is 0 Å². The SMILES string of the molecule is CCc1cc(SC)ccc1O. The lowest BCUT2D eigenvalue weighted by atomic mass is 10.1. The molecule has 0 amide bonds. The van der Waals surface area contributed by atoms with Crippen LogP contribution in [0.5, 0.6) is 5.75 Å². The highest BCUT2D eigenvalue weighted by molar-refractivity contribution is 7.98. The van der Waals surface area contributed by atoms with Gasteiger partial charge in [0.25, 0.3) is 0 Å². The van der Waals surface area contributed by atoms with Gasteiger partial charge in [0, 0.05) is 4.90 Å². The molecule has 0 radical (unpaired) electrons. The normalized spacial score (nSPS) is 10.0. The summed E-state index contributed by atoms with van der Waals surface area (Å²) in [5.74, 6) is 0.408. The molecule has 11 heavy (non-hydrogen) atoms. The molecule has 1 nitrogen and oxygen atoms in total. The number of benzene rings is 1. The van der Waals surface area contributed by atoms with Crippen molar-refractivity contribution in [1.29, 1.82) is 0 Å². The Balaban J connectivity index is 3.02. The van der Waals surface area contributed by atoms with Crippen LogP contribution in [0, 0.1) is 0 Å². The largest absolute Gasteiger partial charge is 0.508 e. The molecule has 0 heterocycles. The fourth-order valence-electron chi connectivity index (χ4n) is 0.972. The molecule has 1 aromatic rings. The van der Waals surface area contributed by atoms with Crippen LogP contribution in [0.2, 0.25) is 0 Å². The van der Waals surface area contributed by atoms with Gasteiger partial charge in [-0.1, -0.05) is 6.92 Å². The van der Waals surface area contributed by atoms with Crippen LogP contribution in [0.15, 0.2) is 23.1 Å². The number of phenols is 1. The maximum atomic E-state index is 9.32. The van der Waals surface area contributed by atoms with Crippen LogP contribution in [0.1, 0.15) is 12.5 Å². The van der Waals surface area contributed by atoms with Crippen molar-refractivity contribution in [1.82, 2.24) is 0 Å². The number of hydrogen-bond acceptors (Lipinski definition) is 2. The van der Waals surface area contributed by atoms with Crippen LogP contribution in [-0.4, -0.2) is 11.4 Å². The summed E-state index contributed by atoms with van der Waals surface area (Å²) in [6.07, 6.45) is 2.92. The molecule has 0 unspecified atom stereocenters. The highest BCUT2D eigenvalue weighted by atomic mass is 32.2. The van der Waals surface area contributed by atoms with Gasteiger partial charge in [-0.15, -0.1) is 11.8 Å². The Hall–Kier alpha value is -0.630. The zero-order valence-corrected chi connectivity index (χ0v) is 7.61. The zero-order valence-electron chi connectivity index (χ0n) is 6.79. The minimum atomic E-state index is 0.408. The molecule has 0 spiro atoms. The zero-order chi connectivity index (χ0) is 8.27. The monoisotopic (exact) mass is 168 g/mol. The van der Waals surface area contributed by atoms with Crippen molar-refractivity contribution in [3.8, 4) is 5.75 Å². The second-order valence-corrected chi connectivity index (χ2v) is 3.23. The highest BCUT2D eigenvalue weighted by Crippen LogP contribution is 2.23. The number of thioether (sulfide) groups is 1. The molecule has 0 fully saturated rings. The van der Waals surface area contributed by atoms with Crippen molar-refractivity contribution in [2.24, 2.45) is 0 Å². The summed E-state index contributed by atoms with van der Waals surface area (Å²) in [6.45, 7) is 2.04. The highest BCUT2D eigenvalue weighted by Gasteiger charge is 1.98. The molecule has 0 atom stereocenters. The first-order valence-corrected chi connectivity index (χ1v) is 4.86. The molecule has 1 aromatic carbocycles. The number of phenolic OH excluding ortho intramolecular Hbond substituents is 1. The Labute approximate surface area is 71.4 Å². The molecule has 1 N–H and O–H groups in total. The summed E-state index contributed by atoms with van der Waals surface area (Å²) >= 11 is 1.70. The van der Waals surface area contributed by atoms with Gasteiger partial charge in [0.1, 0.15) is 5.75 Å². The second-order valence-electron chi connectivity index (χ2n) is 2.35. The van der Waals surface area contributed by atoms with Gasteiger partial charge >= 0.3 is 0 Å². The van der Waals surface area contributed by atoms with Crippen LogP contribution in [-0.2, 0) is 6.42 Å². The van der Waals surface area contributed by atoms with E-state index >= 15 is 0 Å². The summed E-state index contributed by atoms with van der Waals surface area (Å²) in [7, 11) is 0. The first kappa shape index (κ1) is 8.47. The van der Waals surface area contributed by atoms with E-state index in [1.165, 1.54) is 4.90 Å². The van der Waals surface area contributed by atoms with Crippen LogP contribution in [0.3, 0.4) is 0 Å². The third-order valence-corrected chi connectivity index (χ3v) is 2.39. The first-order chi connectivity index (χ1) is 5.27. The van der Waals surface area contributed by atoms with E-state index in [1.807, 2.05) is 25.3 Å². The Morgan fingerprint density at radius 3 is 2.73 bits per heavy atom. The van der Waals surface area contributed by atoms with Crippen molar-refractivity contribution in [2.45, 2.75) is 18.2 Å². The quantitative estimate of drug-likeness (QED) is 0.685. The summed E-state index contributed by atoms with van der Waals surface area (Å²) in [5, 5.41) is 9.32. The van der Waals surface area contributed by atoms with Gasteiger partial charge < -0.3 is 5.11 Å². The fourth-order valence-corrected chi connectivity index (χ4v) is 1.44. The predicted molar refractivity (Wildman–Crippen MR) is 49.3 cm³/mol. The van der Waals surface area contributed by atoms with E-state index in [1.54, 1.807) is 17.8 Å². The molecule has 60 valence electrons. The minimum Gasteiger partial charge on any atom is -0.508 e. The molecule has 0 aliphatic rings. The van der Waals surface area contributed by atoms with Crippen molar-refractivity contribution in [2.75, 3.05) is 6.26 Å². The maximum absolute atomic E-state index is 9.32. The van der Waals surface area contributed by atoms with Crippen LogP contribution < -0.4 is 0 Å². The van der Waals surface area contributed by atoms with Crippen molar-refractivity contribution in [3.05, 3.63) is 23.8 Å². The Bertz CT molecular complexity index is 245. The molecular weight excluding hydrogens is 156 g/mol. The van der Waals surface area contributed by atoms with Crippen LogP contribution in [0.4, 0.5) is 0 Å². The standard InChI is InChI=1S/C9H12OS/c1-3-7-6-8(11-2)4-5-9(7)10/h4-6,10H,3H2,1-2H3. The number of aromatic hydroxyl groups is 1. The van der Waals surface area contributed by atoms with Crippen molar-refractivity contribution >= 4 is 11.8 Å². The van der Waals surface area contributed by atoms with E-state index in [0.717, 1.165) is 12.0 Å². The number of aryl methyl sites for hydroxylation is 1. The molecular formula is C9H12OS. The fraction of sp³-hybridized carbons (Fsp3) is 0.333. The number of rotatable bonds is 2. The van der Waals surface area contributed by atoms with Gasteiger partial charge in [0.05, 0.1) is 0 Å². The average molecular weight is 168 g/mol. The van der Waals surface area contributed by atoms with E-state index in [9.17, 15) is 5.11 Å². The minimum absolute atomic E-state index is 0.408. The molecule has 1 rings (SSSR count). The summed E-state index contributed by atoms with van der Waals surface area (Å²) in [5.41, 5.74) is 1.02. The van der Waals surface area contributed by atoms with E-state index in [0.29, 0.717) is 5.75 Å². The second kappa shape index (κ2) is 3.67. The molecule has 0 aromatic heterocycles. The topological polar surface area (TPSA) is 20.2 Å². The summed E-state index contributed by atoms with van der Waals surface area (Å²) in [4.78, 5) is 1.21. The third kappa shape index (κ3) is 1.90. The van der Waals surface area contributed by atoms with Gasteiger partial charge in [-0.3, -0.25) is 0 Å². The molecule has 0 aliphatic carbocycles. The van der Waals surface area contributed by atoms with Gasteiger partial charge in [0.15, 0.2) is 0 Å². The first-order valence-electron chi connectivity index (χ1n) is 3.63. The summed E-state index contributed by atoms with van der Waals surface area (Å²) in [6, 6.07) is 5.71. The van der Waals surface area contributed by atoms with Crippen molar-refractivity contribution in [3.63, 3.8) is 0 Å². The third-order valence-electron chi connectivity index (χ3n) is 1.67. The Morgan fingerprint density at radius 2 is 2.18 bits per heavy atom. The van der Waals surface area contributed by atoms with E-state index < -0.39 is 0 Å². The van der Waals surface area contributed by atoms with Crippen LogP contribution >= 0.6 is 11.8 Å². The van der Waals surface area contributed by atoms with E-state index in [4.69, 9.17) is 0 Å². The maximum Gasteiger partial charge on any atom is 0.118 e. The average Bonchev–Trinajstić information content (AvgIpc) is 2.05. The molecule has 0 saturated heterocycles. The van der Waals surface area contributed by atoms with Crippen LogP contribution in [0.25, 0.3) is 0 Å². The molecule has 0 aliphatic heterocycles. The lowest BCUT2D eigenvalue weighted by molar-refractivity contribution is 0.468.